The van der Waals surface area contributed by atoms with Crippen LogP contribution in [-0.2, 0) is 11.2 Å². The average Bonchev–Trinajstić information content (AvgIpc) is 3.27. The second-order valence-corrected chi connectivity index (χ2v) is 7.62. The number of nitrogens with zero attached hydrogens (tertiary/aromatic N) is 1. The zero-order valence-corrected chi connectivity index (χ0v) is 18.3. The van der Waals surface area contributed by atoms with Crippen LogP contribution in [0.3, 0.4) is 0 Å². The Bertz CT molecular complexity index is 1590. The predicted molar refractivity (Wildman–Crippen MR) is 108 cm³/mol. The molecule has 0 bridgehead atoms. The number of aromatic nitrogens is 1. The first-order valence-electron chi connectivity index (χ1n) is 10.2. The molecule has 0 fully saturated rings. The lowest BCUT2D eigenvalue weighted by molar-refractivity contribution is 0.0494. The lowest BCUT2D eigenvalue weighted by atomic mass is 10.1. The molecule has 0 atom stereocenters. The van der Waals surface area contributed by atoms with Gasteiger partial charge in [-0.3, -0.25) is 9.36 Å². The number of hydrogen-bond acceptors (Lipinski definition) is 3. The summed E-state index contributed by atoms with van der Waals surface area (Å²) in [5, 5.41) is 0.178. The second kappa shape index (κ2) is 9.84. The van der Waals surface area contributed by atoms with Gasteiger partial charge in [0.15, 0.2) is 46.5 Å². The largest absolute Gasteiger partial charge is 0.462 e. The fraction of sp³-hybridized carbons (Fsp3) is 0.0833. The van der Waals surface area contributed by atoms with E-state index in [1.807, 2.05) is 0 Å². The van der Waals surface area contributed by atoms with Crippen LogP contribution in [-0.4, -0.2) is 23.1 Å². The minimum atomic E-state index is -2.48. The first-order chi connectivity index (χ1) is 17.9. The molecule has 0 aliphatic rings. The van der Waals surface area contributed by atoms with Gasteiger partial charge in [-0.25, -0.2) is 48.7 Å². The van der Waals surface area contributed by atoms with Crippen LogP contribution in [0.5, 0.6) is 0 Å². The van der Waals surface area contributed by atoms with Gasteiger partial charge in [0.2, 0.25) is 11.6 Å². The number of hydrogen-bond donors (Lipinski definition) is 0. The Morgan fingerprint density at radius 1 is 0.632 bits per heavy atom. The number of carbonyl (C=O) groups excluding carboxylic acids is 2. The summed E-state index contributed by atoms with van der Waals surface area (Å²) in [7, 11) is 0. The molecule has 38 heavy (non-hydrogen) atoms. The van der Waals surface area contributed by atoms with Gasteiger partial charge in [-0.05, 0) is 11.6 Å². The minimum Gasteiger partial charge on any atom is -0.462 e. The fourth-order valence-corrected chi connectivity index (χ4v) is 3.64. The Hall–Kier alpha value is -4.36. The van der Waals surface area contributed by atoms with Crippen molar-refractivity contribution in [2.24, 2.45) is 0 Å². The zero-order valence-electron chi connectivity index (χ0n) is 18.3. The number of benzene rings is 3. The molecule has 1 heterocycles. The van der Waals surface area contributed by atoms with Crippen molar-refractivity contribution in [3.05, 3.63) is 105 Å². The van der Waals surface area contributed by atoms with Crippen molar-refractivity contribution in [2.45, 2.75) is 6.42 Å². The third kappa shape index (κ3) is 4.15. The zero-order chi connectivity index (χ0) is 28.0. The predicted octanol–water partition coefficient (Wildman–Crippen LogP) is 6.12. The highest BCUT2D eigenvalue weighted by molar-refractivity contribution is 6.03. The molecule has 14 heteroatoms. The molecule has 0 N–H and O–H groups in total. The number of para-hydroxylation sites is 1. The first kappa shape index (κ1) is 26.7. The second-order valence-electron chi connectivity index (χ2n) is 7.62. The van der Waals surface area contributed by atoms with Crippen molar-refractivity contribution in [1.29, 1.82) is 0 Å². The Morgan fingerprint density at radius 2 is 1.08 bits per heavy atom. The number of fused-ring (bicyclic) bond motifs is 1. The summed E-state index contributed by atoms with van der Waals surface area (Å²) in [6, 6.07) is 5.44. The third-order valence-corrected chi connectivity index (χ3v) is 5.46. The summed E-state index contributed by atoms with van der Waals surface area (Å²) in [6.07, 6.45) is 0.552. The van der Waals surface area contributed by atoms with Crippen LogP contribution < -0.4 is 0 Å². The van der Waals surface area contributed by atoms with E-state index in [1.165, 1.54) is 24.3 Å². The maximum atomic E-state index is 14.2. The number of rotatable bonds is 5. The van der Waals surface area contributed by atoms with Gasteiger partial charge < -0.3 is 4.74 Å². The summed E-state index contributed by atoms with van der Waals surface area (Å²) in [5.41, 5.74) is -3.57. The van der Waals surface area contributed by atoms with E-state index in [9.17, 15) is 53.5 Å². The average molecular weight is 549 g/mol. The van der Waals surface area contributed by atoms with Crippen LogP contribution in [0.4, 0.5) is 43.9 Å². The molecule has 0 spiro atoms. The van der Waals surface area contributed by atoms with E-state index in [4.69, 9.17) is 0 Å². The molecule has 0 saturated heterocycles. The number of ether oxygens (including phenoxy) is 1. The van der Waals surface area contributed by atoms with Crippen LogP contribution in [0.1, 0.15) is 26.3 Å². The highest BCUT2D eigenvalue weighted by Crippen LogP contribution is 2.28. The smallest absolute Gasteiger partial charge is 0.344 e. The summed E-state index contributed by atoms with van der Waals surface area (Å²) >= 11 is 0. The lowest BCUT2D eigenvalue weighted by Crippen LogP contribution is -2.18. The Labute approximate surface area is 204 Å². The molecular formula is C24H9F10NO3. The number of esters is 1. The molecule has 0 amide bonds. The summed E-state index contributed by atoms with van der Waals surface area (Å²) in [4.78, 5) is 24.8. The molecule has 3 aromatic carbocycles. The van der Waals surface area contributed by atoms with Gasteiger partial charge in [-0.15, -0.1) is 0 Å². The van der Waals surface area contributed by atoms with E-state index in [0.717, 1.165) is 6.20 Å². The Balaban J connectivity index is 1.65. The summed E-state index contributed by atoms with van der Waals surface area (Å²) in [6.45, 7) is -0.747. The first-order valence-corrected chi connectivity index (χ1v) is 10.2. The monoisotopic (exact) mass is 549 g/mol. The van der Waals surface area contributed by atoms with Gasteiger partial charge in [-0.1, -0.05) is 18.2 Å². The minimum absolute atomic E-state index is 0.0671. The summed E-state index contributed by atoms with van der Waals surface area (Å²) < 4.78 is 142. The molecule has 0 unspecified atom stereocenters. The number of halogens is 10. The van der Waals surface area contributed by atoms with Gasteiger partial charge in [0.25, 0.3) is 5.91 Å². The van der Waals surface area contributed by atoms with Gasteiger partial charge in [0.1, 0.15) is 11.1 Å². The van der Waals surface area contributed by atoms with Crippen LogP contribution in [0.15, 0.2) is 30.5 Å². The Kier molecular flexibility index (Phi) is 6.91. The summed E-state index contributed by atoms with van der Waals surface area (Å²) in [5.74, 6) is -27.5. The van der Waals surface area contributed by atoms with Crippen molar-refractivity contribution >= 4 is 22.8 Å². The maximum Gasteiger partial charge on any atom is 0.344 e. The van der Waals surface area contributed by atoms with Crippen molar-refractivity contribution < 1.29 is 58.2 Å². The molecular weight excluding hydrogens is 540 g/mol. The molecule has 198 valence electrons. The van der Waals surface area contributed by atoms with Crippen LogP contribution in [0, 0.1) is 58.2 Å². The van der Waals surface area contributed by atoms with E-state index >= 15 is 0 Å². The normalized spacial score (nSPS) is 11.3. The Morgan fingerprint density at radius 3 is 1.61 bits per heavy atom. The topological polar surface area (TPSA) is 48.3 Å². The van der Waals surface area contributed by atoms with Crippen LogP contribution >= 0.6 is 0 Å². The SMILES string of the molecule is O=C(OCCc1cn(C(=O)c2c(F)c(F)c(F)c(F)c2F)c2ccccc12)c1c(F)c(F)c(F)c(F)c1F. The van der Waals surface area contributed by atoms with Crippen LogP contribution in [0.2, 0.25) is 0 Å². The molecule has 4 nitrogen and oxygen atoms in total. The maximum absolute atomic E-state index is 14.2. The van der Waals surface area contributed by atoms with Crippen molar-refractivity contribution in [3.63, 3.8) is 0 Å². The standard InChI is InChI=1S/C24H9F10NO3/c25-13-11(14(26)18(30)21(33)17(13)29)23(36)35-7-8(9-3-1-2-4-10(9)35)5-6-38-24(37)12-15(27)19(31)22(34)20(32)16(12)28/h1-4,7H,5-6H2. The molecule has 1 aromatic heterocycles. The molecule has 0 radical (unpaired) electrons. The molecule has 0 saturated carbocycles. The third-order valence-electron chi connectivity index (χ3n) is 5.46. The van der Waals surface area contributed by atoms with Crippen molar-refractivity contribution in [1.82, 2.24) is 4.57 Å². The van der Waals surface area contributed by atoms with E-state index in [1.54, 1.807) is 0 Å². The lowest BCUT2D eigenvalue weighted by Gasteiger charge is -2.09. The van der Waals surface area contributed by atoms with Crippen molar-refractivity contribution in [2.75, 3.05) is 6.61 Å². The van der Waals surface area contributed by atoms with Gasteiger partial charge in [-0.2, -0.15) is 0 Å². The van der Waals surface area contributed by atoms with Gasteiger partial charge >= 0.3 is 5.97 Å². The molecule has 4 aromatic rings. The van der Waals surface area contributed by atoms with Crippen molar-refractivity contribution in [3.8, 4) is 0 Å². The quantitative estimate of drug-likeness (QED) is 0.131. The van der Waals surface area contributed by atoms with E-state index in [0.29, 0.717) is 4.57 Å². The van der Waals surface area contributed by atoms with Crippen LogP contribution in [0.25, 0.3) is 10.9 Å². The molecule has 0 aliphatic carbocycles. The van der Waals surface area contributed by atoms with E-state index in [-0.39, 0.29) is 22.9 Å². The number of carbonyl (C=O) groups is 2. The highest BCUT2D eigenvalue weighted by atomic mass is 19.2. The van der Waals surface area contributed by atoms with Gasteiger partial charge in [0, 0.05) is 18.0 Å². The van der Waals surface area contributed by atoms with E-state index in [2.05, 4.69) is 4.74 Å². The highest BCUT2D eigenvalue weighted by Gasteiger charge is 2.32. The molecule has 4 rings (SSSR count). The van der Waals surface area contributed by atoms with E-state index < -0.39 is 87.8 Å². The molecule has 0 aliphatic heterocycles. The van der Waals surface area contributed by atoms with Gasteiger partial charge in [0.05, 0.1) is 12.1 Å². The fourth-order valence-electron chi connectivity index (χ4n) is 3.64.